The molecule has 0 spiro atoms. The van der Waals surface area contributed by atoms with Gasteiger partial charge in [-0.25, -0.2) is 0 Å². The topological polar surface area (TPSA) is 15.3 Å². The fourth-order valence-electron chi connectivity index (χ4n) is 2.24. The lowest BCUT2D eigenvalue weighted by molar-refractivity contribution is 1.10. The molecule has 19 heavy (non-hydrogen) atoms. The molecule has 3 heteroatoms. The fourth-order valence-corrected chi connectivity index (χ4v) is 3.48. The minimum absolute atomic E-state index is 0.327. The van der Waals surface area contributed by atoms with E-state index < -0.39 is 0 Å². The van der Waals surface area contributed by atoms with Gasteiger partial charge in [0.05, 0.1) is 0 Å². The Labute approximate surface area is 118 Å². The van der Waals surface area contributed by atoms with Crippen LogP contribution in [-0.4, -0.2) is 14.1 Å². The van der Waals surface area contributed by atoms with E-state index in [0.29, 0.717) is 5.37 Å². The maximum Gasteiger partial charge on any atom is 0.103 e. The molecule has 1 atom stereocenters. The van der Waals surface area contributed by atoms with E-state index in [1.807, 2.05) is 11.8 Å². The van der Waals surface area contributed by atoms with E-state index in [0.717, 1.165) is 0 Å². The number of rotatable bonds is 2. The van der Waals surface area contributed by atoms with Crippen molar-refractivity contribution in [2.75, 3.05) is 24.3 Å². The van der Waals surface area contributed by atoms with Crippen LogP contribution in [0.4, 0.5) is 11.4 Å². The van der Waals surface area contributed by atoms with Gasteiger partial charge in [0, 0.05) is 30.4 Å². The summed E-state index contributed by atoms with van der Waals surface area (Å²) < 4.78 is 0. The Morgan fingerprint density at radius 2 is 1.79 bits per heavy atom. The summed E-state index contributed by atoms with van der Waals surface area (Å²) in [5.41, 5.74) is 5.12. The van der Waals surface area contributed by atoms with Gasteiger partial charge in [-0.1, -0.05) is 30.0 Å². The summed E-state index contributed by atoms with van der Waals surface area (Å²) >= 11 is 1.89. The van der Waals surface area contributed by atoms with Crippen LogP contribution in [0, 0.1) is 6.92 Å². The normalized spacial score (nSPS) is 16.9. The van der Waals surface area contributed by atoms with Crippen molar-refractivity contribution in [3.05, 3.63) is 53.6 Å². The Morgan fingerprint density at radius 3 is 2.47 bits per heavy atom. The molecule has 0 aromatic heterocycles. The molecule has 0 aliphatic carbocycles. The third kappa shape index (κ3) is 2.43. The smallest absolute Gasteiger partial charge is 0.103 e. The van der Waals surface area contributed by atoms with Crippen molar-refractivity contribution in [2.45, 2.75) is 17.2 Å². The maximum atomic E-state index is 3.58. The van der Waals surface area contributed by atoms with Gasteiger partial charge in [0.2, 0.25) is 0 Å². The molecule has 0 radical (unpaired) electrons. The molecular weight excluding hydrogens is 252 g/mol. The molecule has 2 aromatic carbocycles. The van der Waals surface area contributed by atoms with E-state index in [2.05, 4.69) is 73.7 Å². The van der Waals surface area contributed by atoms with Gasteiger partial charge in [0.25, 0.3) is 0 Å². The molecule has 0 amide bonds. The Hall–Kier alpha value is -1.61. The zero-order valence-corrected chi connectivity index (χ0v) is 12.3. The third-order valence-electron chi connectivity index (χ3n) is 3.38. The Bertz CT molecular complexity index is 590. The number of fused-ring (bicyclic) bond motifs is 1. The highest BCUT2D eigenvalue weighted by Gasteiger charge is 2.22. The minimum Gasteiger partial charge on any atom is -0.378 e. The number of benzene rings is 2. The maximum absolute atomic E-state index is 3.58. The van der Waals surface area contributed by atoms with Crippen LogP contribution >= 0.6 is 11.8 Å². The highest BCUT2D eigenvalue weighted by molar-refractivity contribution is 8.00. The van der Waals surface area contributed by atoms with Gasteiger partial charge in [0.15, 0.2) is 0 Å². The standard InChI is InChI=1S/C16H18N2S/c1-11-4-9-14-15(10-11)19-16(17-14)12-5-7-13(8-6-12)18(2)3/h4-10,16-17H,1-3H3. The average Bonchev–Trinajstić information content (AvgIpc) is 2.81. The second kappa shape index (κ2) is 4.82. The highest BCUT2D eigenvalue weighted by Crippen LogP contribution is 2.46. The van der Waals surface area contributed by atoms with Gasteiger partial charge < -0.3 is 10.2 Å². The highest BCUT2D eigenvalue weighted by atomic mass is 32.2. The number of thioether (sulfide) groups is 1. The van der Waals surface area contributed by atoms with Gasteiger partial charge in [-0.2, -0.15) is 0 Å². The molecule has 2 nitrogen and oxygen atoms in total. The molecule has 1 N–H and O–H groups in total. The predicted octanol–water partition coefficient (Wildman–Crippen LogP) is 4.28. The van der Waals surface area contributed by atoms with Crippen molar-refractivity contribution in [3.63, 3.8) is 0 Å². The van der Waals surface area contributed by atoms with Crippen molar-refractivity contribution in [2.24, 2.45) is 0 Å². The van der Waals surface area contributed by atoms with Gasteiger partial charge >= 0.3 is 0 Å². The Kier molecular flexibility index (Phi) is 3.15. The lowest BCUT2D eigenvalue weighted by Crippen LogP contribution is -2.08. The molecule has 2 aromatic rings. The van der Waals surface area contributed by atoms with E-state index in [4.69, 9.17) is 0 Å². The average molecular weight is 270 g/mol. The third-order valence-corrected chi connectivity index (χ3v) is 4.60. The predicted molar refractivity (Wildman–Crippen MR) is 84.2 cm³/mol. The molecule has 0 bridgehead atoms. The van der Waals surface area contributed by atoms with Crippen LogP contribution in [0.1, 0.15) is 16.5 Å². The summed E-state index contributed by atoms with van der Waals surface area (Å²) in [4.78, 5) is 3.47. The largest absolute Gasteiger partial charge is 0.378 e. The van der Waals surface area contributed by atoms with Crippen LogP contribution < -0.4 is 10.2 Å². The Morgan fingerprint density at radius 1 is 1.05 bits per heavy atom. The summed E-state index contributed by atoms with van der Waals surface area (Å²) in [5.74, 6) is 0. The molecule has 3 rings (SSSR count). The van der Waals surface area contributed by atoms with Crippen LogP contribution in [0.25, 0.3) is 0 Å². The van der Waals surface area contributed by atoms with E-state index in [1.165, 1.54) is 27.4 Å². The second-order valence-corrected chi connectivity index (χ2v) is 6.27. The molecule has 1 heterocycles. The lowest BCUT2D eigenvalue weighted by Gasteiger charge is -2.15. The first-order chi connectivity index (χ1) is 9.13. The SMILES string of the molecule is Cc1ccc2c(c1)SC(c1ccc(N(C)C)cc1)N2. The van der Waals surface area contributed by atoms with E-state index in [-0.39, 0.29) is 0 Å². The number of nitrogens with zero attached hydrogens (tertiary/aromatic N) is 1. The molecule has 0 fully saturated rings. The van der Waals surface area contributed by atoms with Crippen molar-refractivity contribution in [3.8, 4) is 0 Å². The van der Waals surface area contributed by atoms with Crippen molar-refractivity contribution < 1.29 is 0 Å². The number of hydrogen-bond acceptors (Lipinski definition) is 3. The summed E-state index contributed by atoms with van der Waals surface area (Å²) in [6, 6.07) is 15.3. The minimum atomic E-state index is 0.327. The fraction of sp³-hybridized carbons (Fsp3) is 0.250. The first-order valence-electron chi connectivity index (χ1n) is 6.44. The lowest BCUT2D eigenvalue weighted by atomic mass is 10.2. The van der Waals surface area contributed by atoms with E-state index in [1.54, 1.807) is 0 Å². The summed E-state index contributed by atoms with van der Waals surface area (Å²) in [7, 11) is 4.13. The summed E-state index contributed by atoms with van der Waals surface area (Å²) in [6.07, 6.45) is 0. The monoisotopic (exact) mass is 270 g/mol. The van der Waals surface area contributed by atoms with Gasteiger partial charge in [-0.15, -0.1) is 0 Å². The van der Waals surface area contributed by atoms with Crippen molar-refractivity contribution >= 4 is 23.1 Å². The number of hydrogen-bond donors (Lipinski definition) is 1. The Balaban J connectivity index is 1.82. The molecule has 1 unspecified atom stereocenters. The summed E-state index contributed by atoms with van der Waals surface area (Å²) in [6.45, 7) is 2.14. The second-order valence-electron chi connectivity index (χ2n) is 5.13. The molecule has 1 aliphatic heterocycles. The molecule has 0 saturated carbocycles. The number of anilines is 2. The van der Waals surface area contributed by atoms with E-state index >= 15 is 0 Å². The van der Waals surface area contributed by atoms with E-state index in [9.17, 15) is 0 Å². The van der Waals surface area contributed by atoms with Crippen LogP contribution in [0.15, 0.2) is 47.4 Å². The molecule has 98 valence electrons. The number of aryl methyl sites for hydroxylation is 1. The first kappa shape index (κ1) is 12.4. The van der Waals surface area contributed by atoms with Crippen molar-refractivity contribution in [1.29, 1.82) is 0 Å². The van der Waals surface area contributed by atoms with Gasteiger partial charge in [-0.05, 0) is 42.3 Å². The molecular formula is C16H18N2S. The number of nitrogens with one attached hydrogen (secondary N) is 1. The molecule has 0 saturated heterocycles. The van der Waals surface area contributed by atoms with Crippen LogP contribution in [0.3, 0.4) is 0 Å². The van der Waals surface area contributed by atoms with Gasteiger partial charge in [0.1, 0.15) is 5.37 Å². The summed E-state index contributed by atoms with van der Waals surface area (Å²) in [5, 5.41) is 3.90. The zero-order valence-electron chi connectivity index (χ0n) is 11.5. The van der Waals surface area contributed by atoms with Crippen LogP contribution in [0.2, 0.25) is 0 Å². The molecule has 1 aliphatic rings. The van der Waals surface area contributed by atoms with Crippen molar-refractivity contribution in [1.82, 2.24) is 0 Å². The van der Waals surface area contributed by atoms with Gasteiger partial charge in [-0.3, -0.25) is 0 Å². The van der Waals surface area contributed by atoms with Crippen LogP contribution in [0.5, 0.6) is 0 Å². The quantitative estimate of drug-likeness (QED) is 0.877. The van der Waals surface area contributed by atoms with Crippen LogP contribution in [-0.2, 0) is 0 Å². The zero-order chi connectivity index (χ0) is 13.4. The first-order valence-corrected chi connectivity index (χ1v) is 7.32.